The van der Waals surface area contributed by atoms with E-state index in [9.17, 15) is 9.59 Å². The molecule has 0 bridgehead atoms. The number of fused-ring (bicyclic) bond motifs is 1. The van der Waals surface area contributed by atoms with E-state index in [1.165, 1.54) is 0 Å². The fraction of sp³-hybridized carbons (Fsp3) is 0.263. The lowest BCUT2D eigenvalue weighted by Gasteiger charge is -2.26. The molecule has 1 fully saturated rings. The van der Waals surface area contributed by atoms with Crippen molar-refractivity contribution in [3.63, 3.8) is 0 Å². The Kier molecular flexibility index (Phi) is 3.69. The Morgan fingerprint density at radius 3 is 2.76 bits per heavy atom. The predicted molar refractivity (Wildman–Crippen MR) is 95.0 cm³/mol. The number of carbonyl (C=O) groups is 2. The number of anilines is 1. The number of hydrogen-bond donors (Lipinski definition) is 2. The highest BCUT2D eigenvalue weighted by atomic mass is 35.5. The van der Waals surface area contributed by atoms with Crippen LogP contribution < -0.4 is 15.4 Å². The molecule has 25 heavy (non-hydrogen) atoms. The summed E-state index contributed by atoms with van der Waals surface area (Å²) in [6, 6.07) is 12.7. The number of amides is 2. The number of nitrogens with one attached hydrogen (secondary N) is 2. The molecule has 1 saturated carbocycles. The van der Waals surface area contributed by atoms with E-state index in [2.05, 4.69) is 10.6 Å². The van der Waals surface area contributed by atoms with Gasteiger partial charge in [0.1, 0.15) is 0 Å². The van der Waals surface area contributed by atoms with Gasteiger partial charge in [0.2, 0.25) is 0 Å². The molecule has 2 aromatic rings. The molecule has 2 aromatic carbocycles. The molecule has 2 N–H and O–H groups in total. The molecule has 5 nitrogen and oxygen atoms in total. The summed E-state index contributed by atoms with van der Waals surface area (Å²) in [5.41, 5.74) is 1.55. The summed E-state index contributed by atoms with van der Waals surface area (Å²) in [4.78, 5) is 24.6. The van der Waals surface area contributed by atoms with Crippen molar-refractivity contribution in [2.45, 2.75) is 31.4 Å². The first kappa shape index (κ1) is 16.0. The van der Waals surface area contributed by atoms with Gasteiger partial charge >= 0.3 is 0 Å². The normalized spacial score (nSPS) is 20.1. The third-order valence-electron chi connectivity index (χ3n) is 4.66. The van der Waals surface area contributed by atoms with Crippen LogP contribution in [0.3, 0.4) is 0 Å². The minimum absolute atomic E-state index is 0.220. The average Bonchev–Trinajstić information content (AvgIpc) is 3.36. The molecular formula is C19H17ClN2O3. The fourth-order valence-corrected chi connectivity index (χ4v) is 3.28. The van der Waals surface area contributed by atoms with E-state index in [-0.39, 0.29) is 17.4 Å². The Bertz CT molecular complexity index is 877. The molecule has 1 heterocycles. The van der Waals surface area contributed by atoms with Crippen LogP contribution in [0.5, 0.6) is 5.75 Å². The highest BCUT2D eigenvalue weighted by Crippen LogP contribution is 2.46. The lowest BCUT2D eigenvalue weighted by atomic mass is 10.0. The van der Waals surface area contributed by atoms with Crippen LogP contribution in [0, 0.1) is 0 Å². The topological polar surface area (TPSA) is 67.4 Å². The summed E-state index contributed by atoms with van der Waals surface area (Å²) in [5.74, 6) is -0.0330. The van der Waals surface area contributed by atoms with E-state index >= 15 is 0 Å². The number of halogens is 1. The van der Waals surface area contributed by atoms with Gasteiger partial charge in [-0.05, 0) is 49.6 Å². The molecule has 6 heteroatoms. The van der Waals surface area contributed by atoms with Crippen LogP contribution in [-0.2, 0) is 10.3 Å². The number of para-hydroxylation sites is 1. The van der Waals surface area contributed by atoms with Crippen LogP contribution in [0.2, 0.25) is 5.02 Å². The number of hydrogen-bond acceptors (Lipinski definition) is 3. The molecule has 2 amide bonds. The van der Waals surface area contributed by atoms with E-state index in [4.69, 9.17) is 16.3 Å². The third-order valence-corrected chi connectivity index (χ3v) is 4.90. The van der Waals surface area contributed by atoms with Gasteiger partial charge in [0, 0.05) is 5.02 Å². The Labute approximate surface area is 150 Å². The molecule has 1 aliphatic carbocycles. The molecule has 1 unspecified atom stereocenters. The molecule has 1 aliphatic heterocycles. The third kappa shape index (κ3) is 2.85. The lowest BCUT2D eigenvalue weighted by molar-refractivity contribution is -0.122. The number of benzene rings is 2. The van der Waals surface area contributed by atoms with Gasteiger partial charge in [-0.2, -0.15) is 0 Å². The van der Waals surface area contributed by atoms with Crippen molar-refractivity contribution in [1.82, 2.24) is 5.32 Å². The zero-order valence-corrected chi connectivity index (χ0v) is 14.4. The van der Waals surface area contributed by atoms with E-state index in [1.54, 1.807) is 25.1 Å². The summed E-state index contributed by atoms with van der Waals surface area (Å²) in [6.07, 6.45) is 1.09. The van der Waals surface area contributed by atoms with Gasteiger partial charge in [-0.3, -0.25) is 9.59 Å². The quantitative estimate of drug-likeness (QED) is 0.884. The van der Waals surface area contributed by atoms with Gasteiger partial charge in [0.05, 0.1) is 16.8 Å². The van der Waals surface area contributed by atoms with Crippen molar-refractivity contribution in [3.8, 4) is 5.75 Å². The Morgan fingerprint density at radius 1 is 1.28 bits per heavy atom. The molecule has 128 valence electrons. The molecule has 0 aromatic heterocycles. The first-order chi connectivity index (χ1) is 12.0. The van der Waals surface area contributed by atoms with Crippen molar-refractivity contribution in [2.75, 3.05) is 5.32 Å². The average molecular weight is 357 g/mol. The largest absolute Gasteiger partial charge is 0.478 e. The maximum Gasteiger partial charge on any atom is 0.265 e. The summed E-state index contributed by atoms with van der Waals surface area (Å²) >= 11 is 6.08. The Balaban J connectivity index is 1.63. The van der Waals surface area contributed by atoms with E-state index < -0.39 is 6.10 Å². The second-order valence-electron chi connectivity index (χ2n) is 6.48. The van der Waals surface area contributed by atoms with E-state index in [1.807, 2.05) is 24.3 Å². The van der Waals surface area contributed by atoms with Crippen LogP contribution >= 0.6 is 11.6 Å². The predicted octanol–water partition coefficient (Wildman–Crippen LogP) is 3.48. The minimum Gasteiger partial charge on any atom is -0.478 e. The number of rotatable bonds is 3. The Morgan fingerprint density at radius 2 is 2.04 bits per heavy atom. The molecule has 1 atom stereocenters. The Hall–Kier alpha value is -2.53. The minimum atomic E-state index is -0.635. The van der Waals surface area contributed by atoms with Gasteiger partial charge in [0.15, 0.2) is 11.9 Å². The zero-order valence-electron chi connectivity index (χ0n) is 13.6. The van der Waals surface area contributed by atoms with Crippen molar-refractivity contribution < 1.29 is 14.3 Å². The van der Waals surface area contributed by atoms with Crippen LogP contribution in [0.25, 0.3) is 0 Å². The molecule has 4 rings (SSSR count). The highest BCUT2D eigenvalue weighted by molar-refractivity contribution is 6.30. The molecule has 0 radical (unpaired) electrons. The van der Waals surface area contributed by atoms with Crippen LogP contribution in [0.4, 0.5) is 5.69 Å². The van der Waals surface area contributed by atoms with Gasteiger partial charge in [-0.15, -0.1) is 0 Å². The zero-order chi connectivity index (χ0) is 17.6. The summed E-state index contributed by atoms with van der Waals surface area (Å²) in [7, 11) is 0. The van der Waals surface area contributed by atoms with Crippen molar-refractivity contribution in [1.29, 1.82) is 0 Å². The van der Waals surface area contributed by atoms with Crippen molar-refractivity contribution in [3.05, 3.63) is 58.6 Å². The number of ether oxygens (including phenoxy) is 1. The molecule has 0 saturated heterocycles. The first-order valence-electron chi connectivity index (χ1n) is 8.18. The van der Waals surface area contributed by atoms with Crippen LogP contribution in [-0.4, -0.2) is 17.9 Å². The summed E-state index contributed by atoms with van der Waals surface area (Å²) in [6.45, 7) is 1.65. The van der Waals surface area contributed by atoms with Crippen molar-refractivity contribution >= 4 is 29.1 Å². The van der Waals surface area contributed by atoms with E-state index in [0.29, 0.717) is 22.0 Å². The maximum atomic E-state index is 12.9. The smallest absolute Gasteiger partial charge is 0.265 e. The first-order valence-corrected chi connectivity index (χ1v) is 8.55. The van der Waals surface area contributed by atoms with Crippen LogP contribution in [0.15, 0.2) is 42.5 Å². The molecule has 0 spiro atoms. The maximum absolute atomic E-state index is 12.9. The highest BCUT2D eigenvalue weighted by Gasteiger charge is 2.46. The van der Waals surface area contributed by atoms with Gasteiger partial charge in [-0.1, -0.05) is 29.8 Å². The molecule has 2 aliphatic rings. The fourth-order valence-electron chi connectivity index (χ4n) is 3.09. The van der Waals surface area contributed by atoms with E-state index in [0.717, 1.165) is 18.4 Å². The van der Waals surface area contributed by atoms with Crippen LogP contribution in [0.1, 0.15) is 35.7 Å². The SMILES string of the molecule is CC1Oc2c(cccc2C(=O)NC2(c3cccc(Cl)c3)CC2)NC1=O. The van der Waals surface area contributed by atoms with Gasteiger partial charge in [-0.25, -0.2) is 0 Å². The van der Waals surface area contributed by atoms with Gasteiger partial charge < -0.3 is 15.4 Å². The lowest BCUT2D eigenvalue weighted by Crippen LogP contribution is -2.38. The van der Waals surface area contributed by atoms with Gasteiger partial charge in [0.25, 0.3) is 11.8 Å². The second kappa shape index (κ2) is 5.77. The van der Waals surface area contributed by atoms with Crippen molar-refractivity contribution in [2.24, 2.45) is 0 Å². The summed E-state index contributed by atoms with van der Waals surface area (Å²) < 4.78 is 5.66. The summed E-state index contributed by atoms with van der Waals surface area (Å²) in [5, 5.41) is 6.52. The second-order valence-corrected chi connectivity index (χ2v) is 6.91. The number of carbonyl (C=O) groups excluding carboxylic acids is 2. The standard InChI is InChI=1S/C19H17ClN2O3/c1-11-17(23)21-15-7-3-6-14(16(15)25-11)18(24)22-19(8-9-19)12-4-2-5-13(20)10-12/h2-7,10-11H,8-9H2,1H3,(H,21,23)(H,22,24). The molecular weight excluding hydrogens is 340 g/mol. The monoisotopic (exact) mass is 356 g/mol.